The zero-order valence-corrected chi connectivity index (χ0v) is 7.68. The van der Waals surface area contributed by atoms with Gasteiger partial charge in [0.15, 0.2) is 0 Å². The molecule has 1 N–H and O–H groups in total. The van der Waals surface area contributed by atoms with Gasteiger partial charge >= 0.3 is 0 Å². The molecular formula is C10H15NO. The molecule has 0 saturated heterocycles. The van der Waals surface area contributed by atoms with Gasteiger partial charge < -0.3 is 5.32 Å². The minimum Gasteiger partial charge on any atom is -0.344 e. The second-order valence-corrected chi connectivity index (χ2v) is 3.50. The Bertz CT molecular complexity index is 242. The maximum absolute atomic E-state index is 11.4. The van der Waals surface area contributed by atoms with Gasteiger partial charge in [0, 0.05) is 5.57 Å². The average Bonchev–Trinajstić information content (AvgIpc) is 2.14. The van der Waals surface area contributed by atoms with Crippen LogP contribution in [0.15, 0.2) is 24.3 Å². The zero-order chi connectivity index (χ0) is 9.19. The van der Waals surface area contributed by atoms with E-state index in [0.717, 1.165) is 18.4 Å². The Hall–Kier alpha value is -1.05. The molecule has 1 amide bonds. The zero-order valence-electron chi connectivity index (χ0n) is 7.68. The smallest absolute Gasteiger partial charge is 0.247 e. The normalized spacial score (nSPS) is 30.2. The highest BCUT2D eigenvalue weighted by atomic mass is 16.1. The van der Waals surface area contributed by atoms with Crippen LogP contribution in [-0.2, 0) is 4.79 Å². The van der Waals surface area contributed by atoms with E-state index in [4.69, 9.17) is 0 Å². The molecule has 1 aliphatic rings. The van der Waals surface area contributed by atoms with Crippen LogP contribution in [0.4, 0.5) is 0 Å². The number of rotatable bonds is 1. The number of allylic oxidation sites excluding steroid dienone is 1. The first-order chi connectivity index (χ1) is 5.57. The van der Waals surface area contributed by atoms with Crippen molar-refractivity contribution in [2.45, 2.75) is 32.2 Å². The Morgan fingerprint density at radius 2 is 2.42 bits per heavy atom. The molecule has 66 valence electrons. The maximum atomic E-state index is 11.4. The topological polar surface area (TPSA) is 29.1 Å². The Balaban J connectivity index is 2.81. The molecule has 0 aromatic heterocycles. The summed E-state index contributed by atoms with van der Waals surface area (Å²) in [5, 5.41) is 2.93. The Labute approximate surface area is 73.4 Å². The molecule has 0 spiro atoms. The molecule has 12 heavy (non-hydrogen) atoms. The van der Waals surface area contributed by atoms with Crippen molar-refractivity contribution < 1.29 is 4.79 Å². The van der Waals surface area contributed by atoms with Crippen LogP contribution in [-0.4, -0.2) is 11.4 Å². The monoisotopic (exact) mass is 165 g/mol. The molecule has 0 fully saturated rings. The number of amides is 1. The third-order valence-electron chi connectivity index (χ3n) is 2.32. The van der Waals surface area contributed by atoms with E-state index in [1.54, 1.807) is 6.08 Å². The van der Waals surface area contributed by atoms with Crippen LogP contribution in [0.5, 0.6) is 0 Å². The van der Waals surface area contributed by atoms with Crippen molar-refractivity contribution >= 4 is 5.91 Å². The van der Waals surface area contributed by atoms with Gasteiger partial charge in [0.1, 0.15) is 0 Å². The fraction of sp³-hybridized carbons (Fsp3) is 0.500. The molecular weight excluding hydrogens is 150 g/mol. The standard InChI is InChI=1S/C10H15NO/c1-4-10(3)7-5-6-8(2)9(12)11-10/h4,6H,1,5,7H2,2-3H3,(H,11,12)/t10-/m1/s1. The van der Waals surface area contributed by atoms with E-state index in [1.165, 1.54) is 0 Å². The first kappa shape index (κ1) is 9.04. The highest BCUT2D eigenvalue weighted by Gasteiger charge is 2.24. The van der Waals surface area contributed by atoms with Crippen molar-refractivity contribution in [3.63, 3.8) is 0 Å². The largest absolute Gasteiger partial charge is 0.344 e. The second kappa shape index (κ2) is 3.13. The van der Waals surface area contributed by atoms with E-state index < -0.39 is 0 Å². The van der Waals surface area contributed by atoms with Crippen molar-refractivity contribution in [3.8, 4) is 0 Å². The summed E-state index contributed by atoms with van der Waals surface area (Å²) in [4.78, 5) is 11.4. The molecule has 0 aromatic rings. The molecule has 0 aromatic carbocycles. The van der Waals surface area contributed by atoms with Gasteiger partial charge in [0.2, 0.25) is 5.91 Å². The van der Waals surface area contributed by atoms with Crippen molar-refractivity contribution in [1.82, 2.24) is 5.32 Å². The van der Waals surface area contributed by atoms with Crippen molar-refractivity contribution in [2.24, 2.45) is 0 Å². The Morgan fingerprint density at radius 3 is 3.00 bits per heavy atom. The summed E-state index contributed by atoms with van der Waals surface area (Å²) in [7, 11) is 0. The Morgan fingerprint density at radius 1 is 1.75 bits per heavy atom. The van der Waals surface area contributed by atoms with E-state index in [-0.39, 0.29) is 11.4 Å². The lowest BCUT2D eigenvalue weighted by Gasteiger charge is -2.24. The van der Waals surface area contributed by atoms with Crippen LogP contribution in [0.2, 0.25) is 0 Å². The molecule has 1 rings (SSSR count). The molecule has 0 radical (unpaired) electrons. The molecule has 0 saturated carbocycles. The highest BCUT2D eigenvalue weighted by Crippen LogP contribution is 2.18. The second-order valence-electron chi connectivity index (χ2n) is 3.50. The summed E-state index contributed by atoms with van der Waals surface area (Å²) in [5.74, 6) is 0.0231. The number of carbonyl (C=O) groups excluding carboxylic acids is 1. The minimum absolute atomic E-state index is 0.0231. The number of carbonyl (C=O) groups is 1. The minimum atomic E-state index is -0.231. The molecule has 2 nitrogen and oxygen atoms in total. The quantitative estimate of drug-likeness (QED) is 0.590. The summed E-state index contributed by atoms with van der Waals surface area (Å²) >= 11 is 0. The van der Waals surface area contributed by atoms with E-state index >= 15 is 0 Å². The Kier molecular flexibility index (Phi) is 2.36. The third-order valence-corrected chi connectivity index (χ3v) is 2.32. The third kappa shape index (κ3) is 1.76. The van der Waals surface area contributed by atoms with E-state index in [1.807, 2.05) is 19.9 Å². The maximum Gasteiger partial charge on any atom is 0.247 e. The molecule has 0 unspecified atom stereocenters. The molecule has 1 aliphatic heterocycles. The van der Waals surface area contributed by atoms with Gasteiger partial charge in [-0.05, 0) is 26.7 Å². The average molecular weight is 165 g/mol. The molecule has 0 aliphatic carbocycles. The first-order valence-corrected chi connectivity index (χ1v) is 4.20. The summed E-state index contributed by atoms with van der Waals surface area (Å²) in [5.41, 5.74) is 0.575. The predicted molar refractivity (Wildman–Crippen MR) is 49.7 cm³/mol. The summed E-state index contributed by atoms with van der Waals surface area (Å²) in [6, 6.07) is 0. The van der Waals surface area contributed by atoms with Gasteiger partial charge in [-0.1, -0.05) is 12.2 Å². The molecule has 1 atom stereocenters. The molecule has 1 heterocycles. The summed E-state index contributed by atoms with van der Waals surface area (Å²) in [6.07, 6.45) is 5.65. The van der Waals surface area contributed by atoms with Crippen LogP contribution in [0, 0.1) is 0 Å². The van der Waals surface area contributed by atoms with Gasteiger partial charge in [-0.15, -0.1) is 6.58 Å². The summed E-state index contributed by atoms with van der Waals surface area (Å²) in [6.45, 7) is 7.55. The fourth-order valence-corrected chi connectivity index (χ4v) is 1.25. The van der Waals surface area contributed by atoms with Gasteiger partial charge in [-0.2, -0.15) is 0 Å². The van der Waals surface area contributed by atoms with Crippen LogP contribution < -0.4 is 5.32 Å². The van der Waals surface area contributed by atoms with Crippen LogP contribution in [0.3, 0.4) is 0 Å². The number of hydrogen-bond acceptors (Lipinski definition) is 1. The number of hydrogen-bond donors (Lipinski definition) is 1. The van der Waals surface area contributed by atoms with Crippen LogP contribution in [0.25, 0.3) is 0 Å². The van der Waals surface area contributed by atoms with E-state index in [9.17, 15) is 4.79 Å². The summed E-state index contributed by atoms with van der Waals surface area (Å²) < 4.78 is 0. The molecule has 0 bridgehead atoms. The van der Waals surface area contributed by atoms with E-state index in [2.05, 4.69) is 11.9 Å². The van der Waals surface area contributed by atoms with Gasteiger partial charge in [-0.25, -0.2) is 0 Å². The predicted octanol–water partition coefficient (Wildman–Crippen LogP) is 1.79. The fourth-order valence-electron chi connectivity index (χ4n) is 1.25. The van der Waals surface area contributed by atoms with E-state index in [0.29, 0.717) is 0 Å². The van der Waals surface area contributed by atoms with Gasteiger partial charge in [-0.3, -0.25) is 4.79 Å². The first-order valence-electron chi connectivity index (χ1n) is 4.20. The lowest BCUT2D eigenvalue weighted by molar-refractivity contribution is -0.118. The van der Waals surface area contributed by atoms with Crippen molar-refractivity contribution in [3.05, 3.63) is 24.3 Å². The van der Waals surface area contributed by atoms with Crippen molar-refractivity contribution in [2.75, 3.05) is 0 Å². The van der Waals surface area contributed by atoms with Gasteiger partial charge in [0.25, 0.3) is 0 Å². The molecule has 2 heteroatoms. The SMILES string of the molecule is C=C[C@]1(C)CCC=C(C)C(=O)N1. The highest BCUT2D eigenvalue weighted by molar-refractivity contribution is 5.93. The van der Waals surface area contributed by atoms with Crippen molar-refractivity contribution in [1.29, 1.82) is 0 Å². The number of nitrogens with one attached hydrogen (secondary N) is 1. The van der Waals surface area contributed by atoms with Gasteiger partial charge in [0.05, 0.1) is 5.54 Å². The lowest BCUT2D eigenvalue weighted by atomic mass is 9.97. The van der Waals surface area contributed by atoms with Crippen LogP contribution >= 0.6 is 0 Å². The van der Waals surface area contributed by atoms with Crippen LogP contribution in [0.1, 0.15) is 26.7 Å². The lowest BCUT2D eigenvalue weighted by Crippen LogP contribution is -2.43.